The number of carboxylic acid groups (broad SMARTS) is 1. The molecule has 0 radical (unpaired) electrons. The molecule has 5 N–H and O–H groups in total. The largest absolute Gasteiger partial charge is 0.480 e. The first-order valence-electron chi connectivity index (χ1n) is 8.10. The maximum atomic E-state index is 12.2. The smallest absolute Gasteiger partial charge is 0.322 e. The second-order valence-electron chi connectivity index (χ2n) is 5.99. The summed E-state index contributed by atoms with van der Waals surface area (Å²) in [6.45, 7) is 3.46. The predicted octanol–water partition coefficient (Wildman–Crippen LogP) is -1.33. The van der Waals surface area contributed by atoms with Crippen LogP contribution in [0.25, 0.3) is 0 Å². The van der Waals surface area contributed by atoms with Crippen molar-refractivity contribution >= 4 is 23.7 Å². The highest BCUT2D eigenvalue weighted by atomic mass is 16.4. The van der Waals surface area contributed by atoms with Crippen LogP contribution in [0.3, 0.4) is 0 Å². The first-order chi connectivity index (χ1) is 11.3. The van der Waals surface area contributed by atoms with Gasteiger partial charge in [-0.2, -0.15) is 0 Å². The molecule has 0 aromatic rings. The fraction of sp³-hybridized carbons (Fsp3) is 0.733. The number of carbonyl (C=O) groups excluding carboxylic acids is 3. The fourth-order valence-corrected chi connectivity index (χ4v) is 2.51. The first kappa shape index (κ1) is 19.9. The second kappa shape index (κ2) is 9.21. The van der Waals surface area contributed by atoms with E-state index >= 15 is 0 Å². The third-order valence-electron chi connectivity index (χ3n) is 4.26. The van der Waals surface area contributed by atoms with E-state index in [1.165, 1.54) is 4.90 Å². The van der Waals surface area contributed by atoms with E-state index in [4.69, 9.17) is 10.8 Å². The van der Waals surface area contributed by atoms with E-state index in [9.17, 15) is 19.2 Å². The Balaban J connectivity index is 2.52. The summed E-state index contributed by atoms with van der Waals surface area (Å²) in [6.07, 6.45) is 1.87. The van der Waals surface area contributed by atoms with Gasteiger partial charge in [-0.3, -0.25) is 19.2 Å². The van der Waals surface area contributed by atoms with Gasteiger partial charge in [0, 0.05) is 6.54 Å². The molecule has 0 saturated carbocycles. The lowest BCUT2D eigenvalue weighted by atomic mass is 9.99. The van der Waals surface area contributed by atoms with Crippen LogP contribution in [-0.2, 0) is 19.2 Å². The number of hydrogen-bond donors (Lipinski definition) is 4. The molecular formula is C15H26N4O5. The van der Waals surface area contributed by atoms with Crippen molar-refractivity contribution in [3.8, 4) is 0 Å². The van der Waals surface area contributed by atoms with Crippen LogP contribution in [0.15, 0.2) is 0 Å². The van der Waals surface area contributed by atoms with Crippen molar-refractivity contribution in [3.63, 3.8) is 0 Å². The van der Waals surface area contributed by atoms with E-state index in [0.717, 1.165) is 6.42 Å². The third kappa shape index (κ3) is 5.48. The van der Waals surface area contributed by atoms with Crippen LogP contribution in [-0.4, -0.2) is 65.4 Å². The highest BCUT2D eigenvalue weighted by molar-refractivity contribution is 5.92. The van der Waals surface area contributed by atoms with E-state index in [-0.39, 0.29) is 18.4 Å². The van der Waals surface area contributed by atoms with Gasteiger partial charge in [0.25, 0.3) is 0 Å². The van der Waals surface area contributed by atoms with E-state index in [1.54, 1.807) is 0 Å². The number of nitrogens with one attached hydrogen (secondary N) is 2. The molecule has 0 aromatic heterocycles. The van der Waals surface area contributed by atoms with Gasteiger partial charge in [-0.15, -0.1) is 0 Å². The summed E-state index contributed by atoms with van der Waals surface area (Å²) < 4.78 is 0. The highest BCUT2D eigenvalue weighted by Gasteiger charge is 2.34. The third-order valence-corrected chi connectivity index (χ3v) is 4.26. The minimum absolute atomic E-state index is 0.00133. The number of carbonyl (C=O) groups is 4. The van der Waals surface area contributed by atoms with Gasteiger partial charge in [0.05, 0.1) is 12.6 Å². The molecule has 1 aliphatic rings. The molecular weight excluding hydrogens is 316 g/mol. The van der Waals surface area contributed by atoms with Gasteiger partial charge >= 0.3 is 5.97 Å². The Bertz CT molecular complexity index is 496. The summed E-state index contributed by atoms with van der Waals surface area (Å²) >= 11 is 0. The number of carboxylic acids is 1. The molecule has 1 saturated heterocycles. The van der Waals surface area contributed by atoms with Crippen molar-refractivity contribution in [2.24, 2.45) is 11.7 Å². The Morgan fingerprint density at radius 2 is 1.92 bits per heavy atom. The van der Waals surface area contributed by atoms with Gasteiger partial charge < -0.3 is 26.4 Å². The number of amides is 3. The molecule has 1 fully saturated rings. The molecule has 1 aliphatic heterocycles. The predicted molar refractivity (Wildman–Crippen MR) is 85.8 cm³/mol. The Morgan fingerprint density at radius 1 is 1.25 bits per heavy atom. The summed E-state index contributed by atoms with van der Waals surface area (Å²) in [7, 11) is 0. The quantitative estimate of drug-likeness (QED) is 0.430. The van der Waals surface area contributed by atoms with Crippen LogP contribution >= 0.6 is 0 Å². The average molecular weight is 342 g/mol. The average Bonchev–Trinajstić information content (AvgIpc) is 3.05. The Labute approximate surface area is 140 Å². The molecule has 0 bridgehead atoms. The number of nitrogens with two attached hydrogens (primary N) is 1. The monoisotopic (exact) mass is 342 g/mol. The van der Waals surface area contributed by atoms with Crippen molar-refractivity contribution in [1.82, 2.24) is 15.5 Å². The van der Waals surface area contributed by atoms with E-state index < -0.39 is 36.4 Å². The zero-order chi connectivity index (χ0) is 18.3. The number of aliphatic carboxylic acids is 1. The molecule has 3 atom stereocenters. The van der Waals surface area contributed by atoms with Gasteiger partial charge in [0.2, 0.25) is 17.7 Å². The zero-order valence-corrected chi connectivity index (χ0v) is 14.1. The SMILES string of the molecule is CCC(C)C(N)C(=O)NCC(=O)N1CCCC1C(=O)NCC(=O)O. The topological polar surface area (TPSA) is 142 Å². The number of nitrogens with zero attached hydrogens (tertiary/aromatic N) is 1. The van der Waals surface area contributed by atoms with Crippen molar-refractivity contribution in [2.75, 3.05) is 19.6 Å². The van der Waals surface area contributed by atoms with Crippen LogP contribution in [0, 0.1) is 5.92 Å². The zero-order valence-electron chi connectivity index (χ0n) is 14.1. The van der Waals surface area contributed by atoms with Gasteiger partial charge in [0.1, 0.15) is 12.6 Å². The van der Waals surface area contributed by atoms with Gasteiger partial charge in [-0.05, 0) is 18.8 Å². The molecule has 9 heteroatoms. The molecule has 1 rings (SSSR count). The standard InChI is InChI=1S/C15H26N4O5/c1-3-9(2)13(16)15(24)17-7-11(20)19-6-4-5-10(19)14(23)18-8-12(21)22/h9-10,13H,3-8,16H2,1-2H3,(H,17,24)(H,18,23)(H,21,22). The van der Waals surface area contributed by atoms with Gasteiger partial charge in [0.15, 0.2) is 0 Å². The lowest BCUT2D eigenvalue weighted by Gasteiger charge is -2.24. The van der Waals surface area contributed by atoms with Crippen LogP contribution in [0.1, 0.15) is 33.1 Å². The van der Waals surface area contributed by atoms with E-state index in [1.807, 2.05) is 13.8 Å². The number of hydrogen-bond acceptors (Lipinski definition) is 5. The van der Waals surface area contributed by atoms with Crippen molar-refractivity contribution < 1.29 is 24.3 Å². The maximum absolute atomic E-state index is 12.2. The van der Waals surface area contributed by atoms with Crippen molar-refractivity contribution in [2.45, 2.75) is 45.2 Å². The van der Waals surface area contributed by atoms with E-state index in [2.05, 4.69) is 10.6 Å². The molecule has 136 valence electrons. The van der Waals surface area contributed by atoms with E-state index in [0.29, 0.717) is 19.4 Å². The van der Waals surface area contributed by atoms with Crippen LogP contribution in [0.4, 0.5) is 0 Å². The van der Waals surface area contributed by atoms with Gasteiger partial charge in [-0.25, -0.2) is 0 Å². The maximum Gasteiger partial charge on any atom is 0.322 e. The molecule has 0 aliphatic carbocycles. The first-order valence-corrected chi connectivity index (χ1v) is 8.10. The minimum atomic E-state index is -1.15. The summed E-state index contributed by atoms with van der Waals surface area (Å²) in [6, 6.07) is -1.38. The van der Waals surface area contributed by atoms with Crippen molar-refractivity contribution in [3.05, 3.63) is 0 Å². The normalized spacial score (nSPS) is 19.5. The van der Waals surface area contributed by atoms with Crippen molar-refractivity contribution in [1.29, 1.82) is 0 Å². The minimum Gasteiger partial charge on any atom is -0.480 e. The summed E-state index contributed by atoms with van der Waals surface area (Å²) in [5.41, 5.74) is 5.80. The Hall–Kier alpha value is -2.16. The van der Waals surface area contributed by atoms with Crippen LogP contribution < -0.4 is 16.4 Å². The van der Waals surface area contributed by atoms with Crippen LogP contribution in [0.2, 0.25) is 0 Å². The summed E-state index contributed by atoms with van der Waals surface area (Å²) in [5, 5.41) is 13.4. The Kier molecular flexibility index (Phi) is 7.63. The molecule has 9 nitrogen and oxygen atoms in total. The Morgan fingerprint density at radius 3 is 2.50 bits per heavy atom. The lowest BCUT2D eigenvalue weighted by Crippen LogP contribution is -2.51. The second-order valence-corrected chi connectivity index (χ2v) is 5.99. The lowest BCUT2D eigenvalue weighted by molar-refractivity contribution is -0.141. The molecule has 3 amide bonds. The van der Waals surface area contributed by atoms with Crippen LogP contribution in [0.5, 0.6) is 0 Å². The molecule has 0 aromatic carbocycles. The number of rotatable bonds is 8. The van der Waals surface area contributed by atoms with Gasteiger partial charge in [-0.1, -0.05) is 20.3 Å². The summed E-state index contributed by atoms with van der Waals surface area (Å²) in [4.78, 5) is 48.0. The molecule has 24 heavy (non-hydrogen) atoms. The highest BCUT2D eigenvalue weighted by Crippen LogP contribution is 2.17. The molecule has 0 spiro atoms. The summed E-state index contributed by atoms with van der Waals surface area (Å²) in [5.74, 6) is -2.42. The fourth-order valence-electron chi connectivity index (χ4n) is 2.51. The number of likely N-dealkylation sites (tertiary alicyclic amines) is 1. The molecule has 3 unspecified atom stereocenters. The molecule has 1 heterocycles.